The van der Waals surface area contributed by atoms with Crippen LogP contribution in [0.4, 0.5) is 4.39 Å². The first-order chi connectivity index (χ1) is 12.2. The average Bonchev–Trinajstić information content (AvgIpc) is 3.31. The standard InChI is InChI=1S/C20H16FN3S/c1-12-9-13(4-6-15(12)21)19-20(24-8-2-3-18(24)23-19)14-5-7-16-17(10-14)25-11-22-16/h4-7,9-11H,2-3,8H2,1H3. The highest BCUT2D eigenvalue weighted by atomic mass is 32.1. The number of aromatic nitrogens is 3. The molecular formula is C20H16FN3S. The maximum atomic E-state index is 13.7. The van der Waals surface area contributed by atoms with E-state index in [4.69, 9.17) is 4.98 Å². The van der Waals surface area contributed by atoms with E-state index in [1.165, 1.54) is 10.8 Å². The SMILES string of the molecule is Cc1cc(-c2nc3n(c2-c2ccc4ncsc4c2)CCC3)ccc1F. The van der Waals surface area contributed by atoms with Gasteiger partial charge in [-0.3, -0.25) is 0 Å². The number of aryl methyl sites for hydroxylation is 2. The molecule has 0 fully saturated rings. The molecule has 0 saturated heterocycles. The molecule has 2 aromatic heterocycles. The Labute approximate surface area is 148 Å². The van der Waals surface area contributed by atoms with Crippen LogP contribution in [-0.4, -0.2) is 14.5 Å². The van der Waals surface area contributed by atoms with Crippen molar-refractivity contribution in [2.45, 2.75) is 26.3 Å². The van der Waals surface area contributed by atoms with E-state index in [1.807, 2.05) is 17.6 Å². The molecule has 0 aliphatic carbocycles. The van der Waals surface area contributed by atoms with E-state index in [9.17, 15) is 4.39 Å². The lowest BCUT2D eigenvalue weighted by Crippen LogP contribution is -1.96. The number of thiazole rings is 1. The molecule has 1 aliphatic rings. The Morgan fingerprint density at radius 3 is 2.88 bits per heavy atom. The number of benzene rings is 2. The fourth-order valence-electron chi connectivity index (χ4n) is 3.61. The molecule has 0 unspecified atom stereocenters. The molecular weight excluding hydrogens is 333 g/mol. The van der Waals surface area contributed by atoms with Crippen molar-refractivity contribution >= 4 is 21.6 Å². The molecule has 0 atom stereocenters. The topological polar surface area (TPSA) is 30.7 Å². The number of rotatable bonds is 2. The van der Waals surface area contributed by atoms with Gasteiger partial charge in [0, 0.05) is 24.1 Å². The quantitative estimate of drug-likeness (QED) is 0.497. The molecule has 25 heavy (non-hydrogen) atoms. The van der Waals surface area contributed by atoms with Crippen LogP contribution in [0, 0.1) is 12.7 Å². The van der Waals surface area contributed by atoms with Crippen LogP contribution >= 0.6 is 11.3 Å². The molecule has 0 N–H and O–H groups in total. The fourth-order valence-corrected chi connectivity index (χ4v) is 4.33. The molecule has 5 rings (SSSR count). The minimum Gasteiger partial charge on any atom is -0.327 e. The van der Waals surface area contributed by atoms with E-state index in [2.05, 4.69) is 27.8 Å². The summed E-state index contributed by atoms with van der Waals surface area (Å²) in [7, 11) is 0. The average molecular weight is 349 g/mol. The zero-order valence-corrected chi connectivity index (χ0v) is 14.6. The molecule has 2 aromatic carbocycles. The summed E-state index contributed by atoms with van der Waals surface area (Å²) in [5.74, 6) is 0.944. The summed E-state index contributed by atoms with van der Waals surface area (Å²) in [6.07, 6.45) is 2.12. The lowest BCUT2D eigenvalue weighted by atomic mass is 10.0. The van der Waals surface area contributed by atoms with E-state index < -0.39 is 0 Å². The zero-order valence-electron chi connectivity index (χ0n) is 13.8. The van der Waals surface area contributed by atoms with Crippen LogP contribution < -0.4 is 0 Å². The van der Waals surface area contributed by atoms with E-state index in [1.54, 1.807) is 18.3 Å². The number of halogens is 1. The molecule has 4 aromatic rings. The van der Waals surface area contributed by atoms with E-state index >= 15 is 0 Å². The van der Waals surface area contributed by atoms with Gasteiger partial charge in [0.2, 0.25) is 0 Å². The monoisotopic (exact) mass is 349 g/mol. The first kappa shape index (κ1) is 14.8. The van der Waals surface area contributed by atoms with Gasteiger partial charge in [-0.15, -0.1) is 11.3 Å². The Balaban J connectivity index is 1.76. The van der Waals surface area contributed by atoms with Crippen LogP contribution in [0.15, 0.2) is 41.9 Å². The van der Waals surface area contributed by atoms with Crippen LogP contribution in [-0.2, 0) is 13.0 Å². The first-order valence-corrected chi connectivity index (χ1v) is 9.28. The fraction of sp³-hybridized carbons (Fsp3) is 0.200. The minimum absolute atomic E-state index is 0.178. The summed E-state index contributed by atoms with van der Waals surface area (Å²) in [5, 5.41) is 0. The van der Waals surface area contributed by atoms with Crippen molar-refractivity contribution in [1.29, 1.82) is 0 Å². The first-order valence-electron chi connectivity index (χ1n) is 8.40. The summed E-state index contributed by atoms with van der Waals surface area (Å²) in [4.78, 5) is 9.27. The molecule has 1 aliphatic heterocycles. The summed E-state index contributed by atoms with van der Waals surface area (Å²) >= 11 is 1.65. The van der Waals surface area contributed by atoms with Crippen LogP contribution in [0.1, 0.15) is 17.8 Å². The van der Waals surface area contributed by atoms with Gasteiger partial charge in [0.25, 0.3) is 0 Å². The number of hydrogen-bond acceptors (Lipinski definition) is 3. The van der Waals surface area contributed by atoms with Crippen LogP contribution in [0.3, 0.4) is 0 Å². The van der Waals surface area contributed by atoms with Crippen molar-refractivity contribution < 1.29 is 4.39 Å². The predicted molar refractivity (Wildman–Crippen MR) is 99.3 cm³/mol. The van der Waals surface area contributed by atoms with Crippen LogP contribution in [0.25, 0.3) is 32.7 Å². The summed E-state index contributed by atoms with van der Waals surface area (Å²) < 4.78 is 17.2. The van der Waals surface area contributed by atoms with Gasteiger partial charge in [-0.05, 0) is 49.2 Å². The van der Waals surface area contributed by atoms with Crippen molar-refractivity contribution in [2.75, 3.05) is 0 Å². The second-order valence-electron chi connectivity index (χ2n) is 6.48. The van der Waals surface area contributed by atoms with Crippen LogP contribution in [0.5, 0.6) is 0 Å². The molecule has 3 heterocycles. The molecule has 0 bridgehead atoms. The molecule has 0 amide bonds. The number of imidazole rings is 1. The van der Waals surface area contributed by atoms with Crippen molar-refractivity contribution in [3.63, 3.8) is 0 Å². The maximum Gasteiger partial charge on any atom is 0.126 e. The zero-order chi connectivity index (χ0) is 17.0. The summed E-state index contributed by atoms with van der Waals surface area (Å²) in [6.45, 7) is 2.78. The molecule has 3 nitrogen and oxygen atoms in total. The van der Waals surface area contributed by atoms with Crippen molar-refractivity contribution in [1.82, 2.24) is 14.5 Å². The Kier molecular flexibility index (Phi) is 3.25. The van der Waals surface area contributed by atoms with Crippen molar-refractivity contribution in [3.8, 4) is 22.5 Å². The maximum absolute atomic E-state index is 13.7. The van der Waals surface area contributed by atoms with E-state index in [-0.39, 0.29) is 5.82 Å². The third-order valence-electron chi connectivity index (χ3n) is 4.86. The molecule has 124 valence electrons. The van der Waals surface area contributed by atoms with Gasteiger partial charge in [0.1, 0.15) is 11.6 Å². The smallest absolute Gasteiger partial charge is 0.126 e. The lowest BCUT2D eigenvalue weighted by Gasteiger charge is -2.09. The predicted octanol–water partition coefficient (Wildman–Crippen LogP) is 5.22. The second-order valence-corrected chi connectivity index (χ2v) is 7.37. The van der Waals surface area contributed by atoms with E-state index in [0.717, 1.165) is 53.2 Å². The largest absolute Gasteiger partial charge is 0.327 e. The molecule has 0 saturated carbocycles. The van der Waals surface area contributed by atoms with Crippen molar-refractivity contribution in [2.24, 2.45) is 0 Å². The van der Waals surface area contributed by atoms with E-state index in [0.29, 0.717) is 5.56 Å². The normalized spacial score (nSPS) is 13.5. The van der Waals surface area contributed by atoms with Gasteiger partial charge in [-0.1, -0.05) is 6.07 Å². The number of hydrogen-bond donors (Lipinski definition) is 0. The molecule has 0 radical (unpaired) electrons. The van der Waals surface area contributed by atoms with Gasteiger partial charge < -0.3 is 4.57 Å². The van der Waals surface area contributed by atoms with Gasteiger partial charge in [0.15, 0.2) is 0 Å². The highest BCUT2D eigenvalue weighted by Crippen LogP contribution is 2.37. The Bertz CT molecular complexity index is 1110. The third kappa shape index (κ3) is 2.30. The minimum atomic E-state index is -0.178. The third-order valence-corrected chi connectivity index (χ3v) is 5.66. The van der Waals surface area contributed by atoms with Crippen LogP contribution in [0.2, 0.25) is 0 Å². The lowest BCUT2D eigenvalue weighted by molar-refractivity contribution is 0.619. The summed E-state index contributed by atoms with van der Waals surface area (Å²) in [6, 6.07) is 11.6. The second kappa shape index (κ2) is 5.49. The van der Waals surface area contributed by atoms with Gasteiger partial charge in [-0.25, -0.2) is 14.4 Å². The number of nitrogens with zero attached hydrogens (tertiary/aromatic N) is 3. The highest BCUT2D eigenvalue weighted by molar-refractivity contribution is 7.16. The molecule has 0 spiro atoms. The highest BCUT2D eigenvalue weighted by Gasteiger charge is 2.23. The summed E-state index contributed by atoms with van der Waals surface area (Å²) in [5.41, 5.74) is 7.74. The Morgan fingerprint density at radius 1 is 1.12 bits per heavy atom. The Morgan fingerprint density at radius 2 is 2.00 bits per heavy atom. The van der Waals surface area contributed by atoms with Gasteiger partial charge in [0.05, 0.1) is 27.1 Å². The Hall–Kier alpha value is -2.53. The number of fused-ring (bicyclic) bond motifs is 2. The molecule has 5 heteroatoms. The van der Waals surface area contributed by atoms with Gasteiger partial charge in [-0.2, -0.15) is 0 Å². The van der Waals surface area contributed by atoms with Gasteiger partial charge >= 0.3 is 0 Å². The van der Waals surface area contributed by atoms with Crippen molar-refractivity contribution in [3.05, 3.63) is 59.1 Å².